The molecular formula is C26H23ClN2O3. The number of nitrogens with one attached hydrogen (secondary N) is 1. The van der Waals surface area contributed by atoms with E-state index >= 15 is 0 Å². The van der Waals surface area contributed by atoms with Crippen molar-refractivity contribution in [3.05, 3.63) is 94.6 Å². The maximum absolute atomic E-state index is 13.0. The number of amides is 1. The van der Waals surface area contributed by atoms with Gasteiger partial charge in [0, 0.05) is 48.1 Å². The Morgan fingerprint density at radius 3 is 2.78 bits per heavy atom. The molecule has 6 heteroatoms. The van der Waals surface area contributed by atoms with Gasteiger partial charge in [-0.15, -0.1) is 0 Å². The maximum Gasteiger partial charge on any atom is 0.231 e. The van der Waals surface area contributed by atoms with Crippen LogP contribution in [0.3, 0.4) is 0 Å². The highest BCUT2D eigenvalue weighted by Gasteiger charge is 2.23. The number of fused-ring (bicyclic) bond motifs is 2. The molecule has 0 saturated heterocycles. The number of hydrogen-bond acceptors (Lipinski definition) is 3. The van der Waals surface area contributed by atoms with E-state index in [9.17, 15) is 4.79 Å². The van der Waals surface area contributed by atoms with E-state index in [4.69, 9.17) is 21.1 Å². The van der Waals surface area contributed by atoms with Gasteiger partial charge >= 0.3 is 0 Å². The number of aryl methyl sites for hydroxylation is 1. The minimum atomic E-state index is -0.114. The Labute approximate surface area is 191 Å². The van der Waals surface area contributed by atoms with Gasteiger partial charge in [-0.3, -0.25) is 4.79 Å². The molecule has 1 N–H and O–H groups in total. The highest BCUT2D eigenvalue weighted by atomic mass is 35.5. The number of hydrogen-bond donors (Lipinski definition) is 1. The number of ether oxygens (including phenoxy) is 2. The van der Waals surface area contributed by atoms with Crippen molar-refractivity contribution < 1.29 is 14.3 Å². The topological polar surface area (TPSA) is 52.5 Å². The molecule has 32 heavy (non-hydrogen) atoms. The first-order valence-corrected chi connectivity index (χ1v) is 10.9. The lowest BCUT2D eigenvalue weighted by Gasteiger charge is -2.18. The fraction of sp³-hybridized carbons (Fsp3) is 0.192. The van der Waals surface area contributed by atoms with Crippen LogP contribution in [-0.4, -0.2) is 17.3 Å². The van der Waals surface area contributed by atoms with E-state index in [1.165, 1.54) is 0 Å². The monoisotopic (exact) mass is 446 g/mol. The van der Waals surface area contributed by atoms with Gasteiger partial charge in [0.15, 0.2) is 11.5 Å². The molecule has 0 saturated carbocycles. The normalized spacial score (nSPS) is 13.3. The maximum atomic E-state index is 13.0. The molecule has 0 fully saturated rings. The average molecular weight is 447 g/mol. The van der Waals surface area contributed by atoms with Crippen LogP contribution in [0.15, 0.2) is 72.9 Å². The molecule has 1 aliphatic rings. The summed E-state index contributed by atoms with van der Waals surface area (Å²) < 4.78 is 12.9. The zero-order valence-electron chi connectivity index (χ0n) is 17.7. The number of benzene rings is 3. The first kappa shape index (κ1) is 20.5. The molecule has 5 nitrogen and oxygen atoms in total. The zero-order chi connectivity index (χ0) is 22.1. The van der Waals surface area contributed by atoms with E-state index in [0.717, 1.165) is 33.3 Å². The van der Waals surface area contributed by atoms with Crippen LogP contribution < -0.4 is 14.8 Å². The van der Waals surface area contributed by atoms with Crippen LogP contribution in [0.1, 0.15) is 29.0 Å². The second-order valence-electron chi connectivity index (χ2n) is 7.99. The standard InChI is InChI=1S/C26H23ClN2O3/c1-29-15-22(20-7-2-3-8-23(20)29)21(18-5-4-6-19(27)12-18)13-26(30)28-14-17-9-10-24-25(11-17)32-16-31-24/h2-12,15,21H,13-14,16H2,1H3,(H,28,30). The first-order chi connectivity index (χ1) is 15.6. The molecule has 1 unspecified atom stereocenters. The van der Waals surface area contributed by atoms with E-state index in [1.54, 1.807) is 0 Å². The van der Waals surface area contributed by atoms with Gasteiger partial charge < -0.3 is 19.4 Å². The third kappa shape index (κ3) is 4.04. The fourth-order valence-electron chi connectivity index (χ4n) is 4.29. The molecule has 0 radical (unpaired) electrons. The predicted octanol–water partition coefficient (Wildman–Crippen LogP) is 5.40. The van der Waals surface area contributed by atoms with Crippen LogP contribution in [0, 0.1) is 0 Å². The van der Waals surface area contributed by atoms with Crippen molar-refractivity contribution >= 4 is 28.4 Å². The Balaban J connectivity index is 1.40. The van der Waals surface area contributed by atoms with Crippen molar-refractivity contribution in [1.29, 1.82) is 0 Å². The third-order valence-corrected chi connectivity index (χ3v) is 6.11. The molecule has 0 spiro atoms. The predicted molar refractivity (Wildman–Crippen MR) is 125 cm³/mol. The zero-order valence-corrected chi connectivity index (χ0v) is 18.4. The first-order valence-electron chi connectivity index (χ1n) is 10.5. The number of carbonyl (C=O) groups excluding carboxylic acids is 1. The van der Waals surface area contributed by atoms with Gasteiger partial charge in [0.2, 0.25) is 12.7 Å². The molecule has 162 valence electrons. The molecule has 2 heterocycles. The van der Waals surface area contributed by atoms with Crippen LogP contribution >= 0.6 is 11.6 Å². The van der Waals surface area contributed by atoms with Crippen molar-refractivity contribution in [3.8, 4) is 11.5 Å². The van der Waals surface area contributed by atoms with E-state index in [1.807, 2.05) is 61.6 Å². The molecule has 5 rings (SSSR count). The summed E-state index contributed by atoms with van der Waals surface area (Å²) in [5, 5.41) is 4.86. The SMILES string of the molecule is Cn1cc(C(CC(=O)NCc2ccc3c(c2)OCO3)c2cccc(Cl)c2)c2ccccc21. The lowest BCUT2D eigenvalue weighted by Crippen LogP contribution is -2.25. The fourth-order valence-corrected chi connectivity index (χ4v) is 4.49. The lowest BCUT2D eigenvalue weighted by atomic mass is 9.88. The summed E-state index contributed by atoms with van der Waals surface area (Å²) in [6, 6.07) is 21.7. The van der Waals surface area contributed by atoms with Gasteiger partial charge in [0.1, 0.15) is 0 Å². The molecular weight excluding hydrogens is 424 g/mol. The van der Waals surface area contributed by atoms with Crippen molar-refractivity contribution in [1.82, 2.24) is 9.88 Å². The number of para-hydroxylation sites is 1. The number of aromatic nitrogens is 1. The van der Waals surface area contributed by atoms with E-state index in [-0.39, 0.29) is 18.6 Å². The summed E-state index contributed by atoms with van der Waals surface area (Å²) in [7, 11) is 2.03. The van der Waals surface area contributed by atoms with Gasteiger partial charge in [-0.05, 0) is 47.0 Å². The second kappa shape index (κ2) is 8.60. The number of rotatable bonds is 6. The van der Waals surface area contributed by atoms with Gasteiger partial charge in [-0.2, -0.15) is 0 Å². The van der Waals surface area contributed by atoms with Crippen LogP contribution in [0.5, 0.6) is 11.5 Å². The Hall–Kier alpha value is -3.44. The summed E-state index contributed by atoms with van der Waals surface area (Å²) in [6.45, 7) is 0.658. The smallest absolute Gasteiger partial charge is 0.231 e. The number of halogens is 1. The second-order valence-corrected chi connectivity index (χ2v) is 8.42. The van der Waals surface area contributed by atoms with Gasteiger partial charge in [0.05, 0.1) is 0 Å². The van der Waals surface area contributed by atoms with E-state index in [0.29, 0.717) is 23.7 Å². The molecule has 1 aliphatic heterocycles. The molecule has 3 aromatic carbocycles. The summed E-state index contributed by atoms with van der Waals surface area (Å²) in [4.78, 5) is 13.0. The molecule has 1 atom stereocenters. The Morgan fingerprint density at radius 1 is 1.06 bits per heavy atom. The highest BCUT2D eigenvalue weighted by Crippen LogP contribution is 2.36. The third-order valence-electron chi connectivity index (χ3n) is 5.87. The van der Waals surface area contributed by atoms with Crippen LogP contribution in [0.25, 0.3) is 10.9 Å². The Morgan fingerprint density at radius 2 is 1.91 bits per heavy atom. The summed E-state index contributed by atoms with van der Waals surface area (Å²) in [5.74, 6) is 1.30. The number of carbonyl (C=O) groups is 1. The largest absolute Gasteiger partial charge is 0.454 e. The molecule has 1 amide bonds. The van der Waals surface area contributed by atoms with Crippen LogP contribution in [0.4, 0.5) is 0 Å². The van der Waals surface area contributed by atoms with Crippen LogP contribution in [0.2, 0.25) is 5.02 Å². The van der Waals surface area contributed by atoms with Gasteiger partial charge in [-0.25, -0.2) is 0 Å². The average Bonchev–Trinajstić information content (AvgIpc) is 3.40. The van der Waals surface area contributed by atoms with Crippen molar-refractivity contribution in [3.63, 3.8) is 0 Å². The quantitative estimate of drug-likeness (QED) is 0.431. The minimum absolute atomic E-state index is 0.0272. The summed E-state index contributed by atoms with van der Waals surface area (Å²) >= 11 is 6.30. The van der Waals surface area contributed by atoms with E-state index < -0.39 is 0 Å². The summed E-state index contributed by atoms with van der Waals surface area (Å²) in [6.07, 6.45) is 2.43. The molecule has 0 bridgehead atoms. The van der Waals surface area contributed by atoms with Crippen molar-refractivity contribution in [2.75, 3.05) is 6.79 Å². The highest BCUT2D eigenvalue weighted by molar-refractivity contribution is 6.30. The van der Waals surface area contributed by atoms with Crippen LogP contribution in [-0.2, 0) is 18.4 Å². The summed E-state index contributed by atoms with van der Waals surface area (Å²) in [5.41, 5.74) is 4.23. The lowest BCUT2D eigenvalue weighted by molar-refractivity contribution is -0.121. The Bertz CT molecular complexity index is 1300. The number of nitrogens with zero attached hydrogens (tertiary/aromatic N) is 1. The molecule has 1 aromatic heterocycles. The van der Waals surface area contributed by atoms with E-state index in [2.05, 4.69) is 28.2 Å². The van der Waals surface area contributed by atoms with Crippen molar-refractivity contribution in [2.24, 2.45) is 7.05 Å². The molecule has 0 aliphatic carbocycles. The molecule has 4 aromatic rings. The minimum Gasteiger partial charge on any atom is -0.454 e. The van der Waals surface area contributed by atoms with Gasteiger partial charge in [-0.1, -0.05) is 48.0 Å². The van der Waals surface area contributed by atoms with Crippen molar-refractivity contribution in [2.45, 2.75) is 18.9 Å². The Kier molecular flexibility index (Phi) is 5.50. The van der Waals surface area contributed by atoms with Gasteiger partial charge in [0.25, 0.3) is 0 Å².